The second-order valence-corrected chi connectivity index (χ2v) is 3.51. The van der Waals surface area contributed by atoms with E-state index in [1.165, 1.54) is 18.2 Å². The summed E-state index contributed by atoms with van der Waals surface area (Å²) < 4.78 is 41.7. The molecule has 2 aromatic carbocycles. The monoisotopic (exact) mass is 226 g/mol. The molecule has 0 spiro atoms. The molecule has 0 saturated carbocycles. The second-order valence-electron chi connectivity index (χ2n) is 3.51. The van der Waals surface area contributed by atoms with Gasteiger partial charge in [0.2, 0.25) is 0 Å². The van der Waals surface area contributed by atoms with Crippen LogP contribution in [0.25, 0.3) is 10.8 Å². The molecule has 0 aliphatic carbocycles. The lowest BCUT2D eigenvalue weighted by Gasteiger charge is -2.07. The molecule has 0 amide bonds. The van der Waals surface area contributed by atoms with Gasteiger partial charge in [0.25, 0.3) is 0 Å². The predicted octanol–water partition coefficient (Wildman–Crippen LogP) is 3.89. The van der Waals surface area contributed by atoms with Gasteiger partial charge in [-0.15, -0.1) is 0 Å². The molecule has 0 bridgehead atoms. The molecule has 0 saturated heterocycles. The fourth-order valence-corrected chi connectivity index (χ4v) is 1.61. The van der Waals surface area contributed by atoms with Crippen molar-refractivity contribution >= 4 is 10.8 Å². The molecule has 0 fully saturated rings. The smallest absolute Gasteiger partial charge is 0.387 e. The molecule has 84 valence electrons. The van der Waals surface area contributed by atoms with Crippen molar-refractivity contribution in [2.24, 2.45) is 0 Å². The van der Waals surface area contributed by atoms with Crippen LogP contribution in [0.15, 0.2) is 30.3 Å². The van der Waals surface area contributed by atoms with Crippen molar-refractivity contribution in [3.05, 3.63) is 41.7 Å². The number of alkyl halides is 2. The highest BCUT2D eigenvalue weighted by Crippen LogP contribution is 2.25. The van der Waals surface area contributed by atoms with E-state index >= 15 is 0 Å². The summed E-state index contributed by atoms with van der Waals surface area (Å²) in [5.41, 5.74) is 0.785. The number of halogens is 3. The Kier molecular flexibility index (Phi) is 2.73. The van der Waals surface area contributed by atoms with Crippen LogP contribution in [0.5, 0.6) is 5.75 Å². The van der Waals surface area contributed by atoms with E-state index in [1.54, 1.807) is 19.1 Å². The van der Waals surface area contributed by atoms with E-state index < -0.39 is 12.4 Å². The summed E-state index contributed by atoms with van der Waals surface area (Å²) in [4.78, 5) is 0. The summed E-state index contributed by atoms with van der Waals surface area (Å²) in [6.45, 7) is -1.13. The summed E-state index contributed by atoms with van der Waals surface area (Å²) in [7, 11) is 0. The Morgan fingerprint density at radius 1 is 1.12 bits per heavy atom. The molecule has 0 aliphatic heterocycles. The van der Waals surface area contributed by atoms with E-state index in [1.807, 2.05) is 0 Å². The fraction of sp³-hybridized carbons (Fsp3) is 0.167. The summed E-state index contributed by atoms with van der Waals surface area (Å²) in [5, 5.41) is 0.947. The van der Waals surface area contributed by atoms with Crippen molar-refractivity contribution < 1.29 is 17.9 Å². The van der Waals surface area contributed by atoms with E-state index in [2.05, 4.69) is 4.74 Å². The first-order valence-corrected chi connectivity index (χ1v) is 4.71. The molecule has 16 heavy (non-hydrogen) atoms. The SMILES string of the molecule is Cc1cc(F)c2cc(OC(F)F)ccc2c1. The average Bonchev–Trinajstić information content (AvgIpc) is 2.18. The maximum Gasteiger partial charge on any atom is 0.387 e. The highest BCUT2D eigenvalue weighted by Gasteiger charge is 2.07. The minimum Gasteiger partial charge on any atom is -0.435 e. The molecule has 0 unspecified atom stereocenters. The summed E-state index contributed by atoms with van der Waals surface area (Å²) in [6, 6.07) is 7.37. The van der Waals surface area contributed by atoms with Gasteiger partial charge in [-0.3, -0.25) is 0 Å². The Hall–Kier alpha value is -1.71. The fourth-order valence-electron chi connectivity index (χ4n) is 1.61. The number of benzene rings is 2. The number of hydrogen-bond acceptors (Lipinski definition) is 1. The molecule has 0 heterocycles. The van der Waals surface area contributed by atoms with Crippen molar-refractivity contribution in [1.82, 2.24) is 0 Å². The normalized spacial score (nSPS) is 11.1. The van der Waals surface area contributed by atoms with Crippen LogP contribution in [-0.2, 0) is 0 Å². The van der Waals surface area contributed by atoms with Gasteiger partial charge >= 0.3 is 6.61 Å². The Morgan fingerprint density at radius 3 is 2.56 bits per heavy atom. The van der Waals surface area contributed by atoms with E-state index in [9.17, 15) is 13.2 Å². The maximum absolute atomic E-state index is 13.5. The Balaban J connectivity index is 2.53. The van der Waals surface area contributed by atoms with Crippen molar-refractivity contribution in [2.45, 2.75) is 13.5 Å². The van der Waals surface area contributed by atoms with Crippen LogP contribution in [0.3, 0.4) is 0 Å². The second kappa shape index (κ2) is 4.04. The van der Waals surface area contributed by atoms with E-state index in [0.717, 1.165) is 5.56 Å². The lowest BCUT2D eigenvalue weighted by Crippen LogP contribution is -2.01. The number of aryl methyl sites for hydroxylation is 1. The molecule has 4 heteroatoms. The summed E-state index contributed by atoms with van der Waals surface area (Å²) in [6.07, 6.45) is 0. The molecule has 1 nitrogen and oxygen atoms in total. The quantitative estimate of drug-likeness (QED) is 0.754. The first-order chi connectivity index (χ1) is 7.56. The van der Waals surface area contributed by atoms with Crippen LogP contribution in [0, 0.1) is 12.7 Å². The molecule has 0 aromatic heterocycles. The van der Waals surface area contributed by atoms with Gasteiger partial charge in [0, 0.05) is 5.39 Å². The third kappa shape index (κ3) is 2.10. The van der Waals surface area contributed by atoms with E-state index in [0.29, 0.717) is 5.39 Å². The average molecular weight is 226 g/mol. The standard InChI is InChI=1S/C12H9F3O/c1-7-4-8-2-3-9(16-12(14)15)6-10(8)11(13)5-7/h2-6,12H,1H3. The highest BCUT2D eigenvalue weighted by molar-refractivity contribution is 5.85. The zero-order chi connectivity index (χ0) is 11.7. The third-order valence-electron chi connectivity index (χ3n) is 2.24. The molecule has 0 radical (unpaired) electrons. The van der Waals surface area contributed by atoms with Crippen LogP contribution in [-0.4, -0.2) is 6.61 Å². The topological polar surface area (TPSA) is 9.23 Å². The van der Waals surface area contributed by atoms with Crippen LogP contribution in [0.1, 0.15) is 5.56 Å². The molecule has 2 rings (SSSR count). The minimum atomic E-state index is -2.90. The Morgan fingerprint density at radius 2 is 1.88 bits per heavy atom. The van der Waals surface area contributed by atoms with Crippen LogP contribution in [0.4, 0.5) is 13.2 Å². The van der Waals surface area contributed by atoms with Crippen molar-refractivity contribution in [3.8, 4) is 5.75 Å². The first-order valence-electron chi connectivity index (χ1n) is 4.71. The number of rotatable bonds is 2. The van der Waals surface area contributed by atoms with Gasteiger partial charge in [0.05, 0.1) is 0 Å². The maximum atomic E-state index is 13.5. The lowest BCUT2D eigenvalue weighted by atomic mass is 10.1. The molecular weight excluding hydrogens is 217 g/mol. The number of ether oxygens (including phenoxy) is 1. The van der Waals surface area contributed by atoms with E-state index in [-0.39, 0.29) is 11.1 Å². The van der Waals surface area contributed by atoms with Crippen molar-refractivity contribution in [2.75, 3.05) is 0 Å². The number of hydrogen-bond donors (Lipinski definition) is 0. The number of fused-ring (bicyclic) bond motifs is 1. The van der Waals surface area contributed by atoms with Gasteiger partial charge in [-0.05, 0) is 36.1 Å². The van der Waals surface area contributed by atoms with Gasteiger partial charge in [0.1, 0.15) is 11.6 Å². The minimum absolute atomic E-state index is 0.0368. The predicted molar refractivity (Wildman–Crippen MR) is 55.3 cm³/mol. The molecule has 0 atom stereocenters. The Bertz CT molecular complexity index is 523. The van der Waals surface area contributed by atoms with Gasteiger partial charge < -0.3 is 4.74 Å². The van der Waals surface area contributed by atoms with Gasteiger partial charge in [-0.1, -0.05) is 12.1 Å². The summed E-state index contributed by atoms with van der Waals surface area (Å²) >= 11 is 0. The Labute approximate surface area is 90.5 Å². The summed E-state index contributed by atoms with van der Waals surface area (Å²) in [5.74, 6) is -0.472. The van der Waals surface area contributed by atoms with Crippen LogP contribution >= 0.6 is 0 Å². The zero-order valence-corrected chi connectivity index (χ0v) is 8.51. The first kappa shape index (κ1) is 10.8. The van der Waals surface area contributed by atoms with Crippen molar-refractivity contribution in [3.63, 3.8) is 0 Å². The molecule has 0 aliphatic rings. The van der Waals surface area contributed by atoms with Crippen LogP contribution < -0.4 is 4.74 Å². The van der Waals surface area contributed by atoms with E-state index in [4.69, 9.17) is 0 Å². The van der Waals surface area contributed by atoms with Crippen molar-refractivity contribution in [1.29, 1.82) is 0 Å². The molecular formula is C12H9F3O. The molecule has 2 aromatic rings. The third-order valence-corrected chi connectivity index (χ3v) is 2.24. The largest absolute Gasteiger partial charge is 0.435 e. The van der Waals surface area contributed by atoms with Gasteiger partial charge in [0.15, 0.2) is 0 Å². The highest BCUT2D eigenvalue weighted by atomic mass is 19.3. The lowest BCUT2D eigenvalue weighted by molar-refractivity contribution is -0.0497. The van der Waals surface area contributed by atoms with Crippen LogP contribution in [0.2, 0.25) is 0 Å². The molecule has 0 N–H and O–H groups in total. The zero-order valence-electron chi connectivity index (χ0n) is 8.51. The van der Waals surface area contributed by atoms with Gasteiger partial charge in [-0.2, -0.15) is 8.78 Å². The van der Waals surface area contributed by atoms with Gasteiger partial charge in [-0.25, -0.2) is 4.39 Å².